The molecule has 0 aliphatic carbocycles. The molecule has 13 nitrogen and oxygen atoms in total. The van der Waals surface area contributed by atoms with Crippen molar-refractivity contribution in [1.82, 2.24) is 9.80 Å². The van der Waals surface area contributed by atoms with Crippen molar-refractivity contribution >= 4 is 29.8 Å². The van der Waals surface area contributed by atoms with Crippen LogP contribution in [0.15, 0.2) is 0 Å². The fraction of sp³-hybridized carbons (Fsp3) is 0.809. The summed E-state index contributed by atoms with van der Waals surface area (Å²) in [6.45, 7) is 11.2. The third kappa shape index (κ3) is 33.1. The molecule has 0 N–H and O–H groups in total. The lowest BCUT2D eigenvalue weighted by Gasteiger charge is -2.32. The average molecular weight is 849 g/mol. The molecule has 0 heterocycles. The van der Waals surface area contributed by atoms with Crippen molar-refractivity contribution in [3.8, 4) is 23.7 Å². The Morgan fingerprint density at radius 3 is 1.78 bits per heavy atom. The third-order valence-electron chi connectivity index (χ3n) is 9.26. The van der Waals surface area contributed by atoms with Crippen LogP contribution in [-0.4, -0.2) is 118 Å². The molecule has 13 heteroatoms. The summed E-state index contributed by atoms with van der Waals surface area (Å²) >= 11 is 0. The molecule has 60 heavy (non-hydrogen) atoms. The highest BCUT2D eigenvalue weighted by molar-refractivity contribution is 5.82. The first-order valence-corrected chi connectivity index (χ1v) is 22.8. The molecule has 344 valence electrons. The van der Waals surface area contributed by atoms with Gasteiger partial charge in [-0.3, -0.25) is 24.0 Å². The predicted molar refractivity (Wildman–Crippen MR) is 233 cm³/mol. The molecule has 0 aromatic heterocycles. The molecule has 0 saturated carbocycles. The van der Waals surface area contributed by atoms with Crippen molar-refractivity contribution in [3.05, 3.63) is 0 Å². The van der Waals surface area contributed by atoms with E-state index in [4.69, 9.17) is 28.4 Å². The molecule has 1 amide bonds. The highest BCUT2D eigenvalue weighted by Gasteiger charge is 2.27. The van der Waals surface area contributed by atoms with Crippen molar-refractivity contribution in [1.29, 1.82) is 0 Å². The zero-order chi connectivity index (χ0) is 44.6. The molecule has 0 aliphatic rings. The lowest BCUT2D eigenvalue weighted by atomic mass is 10.1. The Balaban J connectivity index is 5.36. The van der Waals surface area contributed by atoms with Crippen LogP contribution >= 0.6 is 0 Å². The van der Waals surface area contributed by atoms with Crippen LogP contribution in [0.25, 0.3) is 0 Å². The molecule has 3 unspecified atom stereocenters. The smallest absolute Gasteiger partial charge is 0.306 e. The van der Waals surface area contributed by atoms with E-state index in [1.807, 2.05) is 25.9 Å². The molecule has 0 bridgehead atoms. The minimum atomic E-state index is -0.762. The summed E-state index contributed by atoms with van der Waals surface area (Å²) in [7, 11) is 3.86. The summed E-state index contributed by atoms with van der Waals surface area (Å²) in [5, 5.41) is 0. The van der Waals surface area contributed by atoms with E-state index in [-0.39, 0.29) is 90.0 Å². The van der Waals surface area contributed by atoms with Crippen LogP contribution < -0.4 is 0 Å². The highest BCUT2D eigenvalue weighted by Crippen LogP contribution is 2.16. The third-order valence-corrected chi connectivity index (χ3v) is 9.26. The van der Waals surface area contributed by atoms with E-state index in [2.05, 4.69) is 51.4 Å². The monoisotopic (exact) mass is 849 g/mol. The standard InChI is InChI=1S/C47H80N2O11/c1-8-13-16-19-22-36-57-47(56-35-21-18-15-10-3)32-31-45(53)55-37-23-28-44(52)59-39-40(38-58-43(51)26-12-5)49(34-24-33-48(6)7)42(50)29-30-46(54)60-41(25-11-4)27-20-17-14-9-2/h40-41,47H,8-17,20,23-39H2,1-7H3. The largest absolute Gasteiger partial charge is 0.466 e. The zero-order valence-electron chi connectivity index (χ0n) is 38.4. The Morgan fingerprint density at radius 1 is 0.517 bits per heavy atom. The van der Waals surface area contributed by atoms with Gasteiger partial charge >= 0.3 is 23.9 Å². The van der Waals surface area contributed by atoms with Gasteiger partial charge in [0.05, 0.1) is 25.5 Å². The molecule has 0 saturated heterocycles. The van der Waals surface area contributed by atoms with Gasteiger partial charge in [0.2, 0.25) is 5.91 Å². The number of nitrogens with zero attached hydrogens (tertiary/aromatic N) is 2. The van der Waals surface area contributed by atoms with Crippen LogP contribution in [0, 0.1) is 23.7 Å². The predicted octanol–water partition coefficient (Wildman–Crippen LogP) is 7.94. The van der Waals surface area contributed by atoms with E-state index in [9.17, 15) is 24.0 Å². The van der Waals surface area contributed by atoms with Gasteiger partial charge in [-0.2, -0.15) is 0 Å². The Morgan fingerprint density at radius 2 is 1.17 bits per heavy atom. The van der Waals surface area contributed by atoms with Gasteiger partial charge in [-0.15, -0.1) is 11.8 Å². The van der Waals surface area contributed by atoms with E-state index < -0.39 is 36.2 Å². The zero-order valence-corrected chi connectivity index (χ0v) is 38.4. The first-order valence-electron chi connectivity index (χ1n) is 22.8. The van der Waals surface area contributed by atoms with Gasteiger partial charge in [0.25, 0.3) is 0 Å². The normalized spacial score (nSPS) is 12.3. The quantitative estimate of drug-likeness (QED) is 0.0198. The molecular weight excluding hydrogens is 769 g/mol. The number of hydrogen-bond acceptors (Lipinski definition) is 12. The fourth-order valence-corrected chi connectivity index (χ4v) is 5.87. The van der Waals surface area contributed by atoms with Crippen LogP contribution in [0.5, 0.6) is 0 Å². The van der Waals surface area contributed by atoms with Crippen LogP contribution in [-0.2, 0) is 52.4 Å². The van der Waals surface area contributed by atoms with E-state index in [1.165, 1.54) is 0 Å². The first kappa shape index (κ1) is 56.4. The minimum Gasteiger partial charge on any atom is -0.466 e. The first-order chi connectivity index (χ1) is 29.0. The topological polar surface area (TPSA) is 147 Å². The van der Waals surface area contributed by atoms with Gasteiger partial charge in [0.1, 0.15) is 32.5 Å². The summed E-state index contributed by atoms with van der Waals surface area (Å²) in [5.74, 6) is 9.87. The number of esters is 4. The SMILES string of the molecule is CCCC#CCOC(CCC(=O)OCCCC(=O)OCC(COC(=O)CCC)N(CCCN(C)C)C(=O)CCC(=O)OC(CCC)CCCCCC)OCC#CCCCC. The minimum absolute atomic E-state index is 0.00682. The van der Waals surface area contributed by atoms with Gasteiger partial charge in [0, 0.05) is 45.1 Å². The Labute approximate surface area is 363 Å². The van der Waals surface area contributed by atoms with Crippen molar-refractivity contribution in [2.75, 3.05) is 60.2 Å². The van der Waals surface area contributed by atoms with Gasteiger partial charge in [-0.25, -0.2) is 0 Å². The lowest BCUT2D eigenvalue weighted by molar-refractivity contribution is -0.156. The number of amides is 1. The highest BCUT2D eigenvalue weighted by atomic mass is 16.7. The summed E-state index contributed by atoms with van der Waals surface area (Å²) in [5.41, 5.74) is 0. The maximum atomic E-state index is 13.7. The van der Waals surface area contributed by atoms with Gasteiger partial charge in [0.15, 0.2) is 6.29 Å². The van der Waals surface area contributed by atoms with Crippen LogP contribution in [0.3, 0.4) is 0 Å². The lowest BCUT2D eigenvalue weighted by Crippen LogP contribution is -2.47. The van der Waals surface area contributed by atoms with Gasteiger partial charge < -0.3 is 38.2 Å². The number of rotatable bonds is 36. The van der Waals surface area contributed by atoms with Crippen LogP contribution in [0.4, 0.5) is 0 Å². The number of carbonyl (C=O) groups excluding carboxylic acids is 5. The second-order valence-corrected chi connectivity index (χ2v) is 15.2. The van der Waals surface area contributed by atoms with E-state index >= 15 is 0 Å². The summed E-state index contributed by atoms with van der Waals surface area (Å²) in [6, 6.07) is -0.762. The van der Waals surface area contributed by atoms with Crippen LogP contribution in [0.1, 0.15) is 169 Å². The van der Waals surface area contributed by atoms with Crippen molar-refractivity contribution < 1.29 is 52.4 Å². The second-order valence-electron chi connectivity index (χ2n) is 15.2. The van der Waals surface area contributed by atoms with E-state index in [0.717, 1.165) is 77.0 Å². The summed E-state index contributed by atoms with van der Waals surface area (Å²) in [6.07, 6.45) is 12.4. The Bertz CT molecular complexity index is 1280. The summed E-state index contributed by atoms with van der Waals surface area (Å²) < 4.78 is 33.8. The Kier molecular flexibility index (Phi) is 37.1. The van der Waals surface area contributed by atoms with Gasteiger partial charge in [-0.05, 0) is 72.0 Å². The number of unbranched alkanes of at least 4 members (excludes halogenated alkanes) is 6. The number of carbonyl (C=O) groups is 5. The number of hydrogen-bond donors (Lipinski definition) is 0. The molecule has 0 aromatic rings. The van der Waals surface area contributed by atoms with Crippen molar-refractivity contribution in [3.63, 3.8) is 0 Å². The molecule has 0 radical (unpaired) electrons. The molecule has 0 aromatic carbocycles. The molecular formula is C47H80N2O11. The molecule has 0 rings (SSSR count). The molecule has 3 atom stereocenters. The fourth-order valence-electron chi connectivity index (χ4n) is 5.87. The van der Waals surface area contributed by atoms with Gasteiger partial charge in [-0.1, -0.05) is 78.6 Å². The van der Waals surface area contributed by atoms with Crippen molar-refractivity contribution in [2.24, 2.45) is 0 Å². The van der Waals surface area contributed by atoms with Crippen LogP contribution in [0.2, 0.25) is 0 Å². The van der Waals surface area contributed by atoms with Crippen molar-refractivity contribution in [2.45, 2.75) is 188 Å². The Hall–Kier alpha value is -3.65. The maximum Gasteiger partial charge on any atom is 0.306 e. The molecule has 0 fully saturated rings. The van der Waals surface area contributed by atoms with E-state index in [1.54, 1.807) is 4.90 Å². The van der Waals surface area contributed by atoms with E-state index in [0.29, 0.717) is 25.9 Å². The molecule has 0 aliphatic heterocycles. The maximum absolute atomic E-state index is 13.7. The average Bonchev–Trinajstić information content (AvgIpc) is 3.22. The molecule has 0 spiro atoms. The second kappa shape index (κ2) is 39.5. The summed E-state index contributed by atoms with van der Waals surface area (Å²) in [4.78, 5) is 68.0. The number of ether oxygens (including phenoxy) is 6.